The summed E-state index contributed by atoms with van der Waals surface area (Å²) in [6, 6.07) is 18.8. The number of carbonyl (C=O) groups is 1. The number of carbonyl (C=O) groups excluding carboxylic acids is 1. The Labute approximate surface area is 194 Å². The molecule has 0 saturated carbocycles. The van der Waals surface area contributed by atoms with Crippen LogP contribution in [0.2, 0.25) is 0 Å². The molecule has 1 aliphatic rings. The molecule has 0 unspecified atom stereocenters. The maximum atomic E-state index is 12.6. The second-order valence-corrected chi connectivity index (χ2v) is 9.44. The molecule has 2 heterocycles. The van der Waals surface area contributed by atoms with E-state index in [-0.39, 0.29) is 11.8 Å². The van der Waals surface area contributed by atoms with E-state index in [0.717, 1.165) is 43.2 Å². The minimum absolute atomic E-state index is 0.0765. The number of aromatic nitrogens is 2. The maximum absolute atomic E-state index is 12.6. The Balaban J connectivity index is 1.29. The lowest BCUT2D eigenvalue weighted by molar-refractivity contribution is -0.125. The van der Waals surface area contributed by atoms with Gasteiger partial charge in [-0.2, -0.15) is 0 Å². The van der Waals surface area contributed by atoms with Gasteiger partial charge in [0.25, 0.3) is 0 Å². The van der Waals surface area contributed by atoms with Crippen LogP contribution in [0.1, 0.15) is 29.5 Å². The number of hydrogen-bond donors (Lipinski definition) is 1. The van der Waals surface area contributed by atoms with Gasteiger partial charge in [-0.15, -0.1) is 0 Å². The molecule has 1 saturated heterocycles. The van der Waals surface area contributed by atoms with Crippen LogP contribution < -0.4 is 10.2 Å². The molecule has 166 valence electrons. The van der Waals surface area contributed by atoms with Gasteiger partial charge in [-0.25, -0.2) is 9.97 Å². The van der Waals surface area contributed by atoms with E-state index in [1.54, 1.807) is 18.1 Å². The Hall–Kier alpha value is -2.86. The van der Waals surface area contributed by atoms with Crippen LogP contribution in [0.3, 0.4) is 0 Å². The van der Waals surface area contributed by atoms with Crippen molar-refractivity contribution in [2.75, 3.05) is 24.5 Å². The van der Waals surface area contributed by atoms with Gasteiger partial charge >= 0.3 is 0 Å². The summed E-state index contributed by atoms with van der Waals surface area (Å²) in [7, 11) is 0. The quantitative estimate of drug-likeness (QED) is 0.527. The van der Waals surface area contributed by atoms with Crippen LogP contribution >= 0.6 is 11.8 Å². The number of rotatable bonds is 7. The third-order valence-corrected chi connectivity index (χ3v) is 7.02. The highest BCUT2D eigenvalue weighted by Crippen LogP contribution is 2.31. The molecule has 1 N–H and O–H groups in total. The van der Waals surface area contributed by atoms with Crippen LogP contribution in [0.4, 0.5) is 5.82 Å². The average Bonchev–Trinajstić information content (AvgIpc) is 2.82. The molecular formula is C26H30N4OS. The molecule has 3 aromatic rings. The van der Waals surface area contributed by atoms with E-state index in [2.05, 4.69) is 70.4 Å². The number of aryl methyl sites for hydroxylation is 2. The van der Waals surface area contributed by atoms with Gasteiger partial charge in [0, 0.05) is 36.5 Å². The van der Waals surface area contributed by atoms with Crippen LogP contribution in [0.5, 0.6) is 0 Å². The smallest absolute Gasteiger partial charge is 0.223 e. The first-order valence-electron chi connectivity index (χ1n) is 11.2. The van der Waals surface area contributed by atoms with Crippen molar-refractivity contribution in [1.29, 1.82) is 0 Å². The Morgan fingerprint density at radius 1 is 1.06 bits per heavy atom. The average molecular weight is 447 g/mol. The largest absolute Gasteiger partial charge is 0.356 e. The fourth-order valence-electron chi connectivity index (χ4n) is 3.98. The van der Waals surface area contributed by atoms with E-state index in [1.807, 2.05) is 18.2 Å². The van der Waals surface area contributed by atoms with Gasteiger partial charge in [-0.05, 0) is 55.9 Å². The number of benzene rings is 2. The van der Waals surface area contributed by atoms with Crippen LogP contribution in [0.15, 0.2) is 70.8 Å². The second-order valence-electron chi connectivity index (χ2n) is 8.37. The first-order valence-corrected chi connectivity index (χ1v) is 12.0. The first kappa shape index (κ1) is 22.3. The second kappa shape index (κ2) is 10.6. The Kier molecular flexibility index (Phi) is 7.43. The number of amides is 1. The summed E-state index contributed by atoms with van der Waals surface area (Å²) in [5.74, 6) is 1.19. The zero-order chi connectivity index (χ0) is 22.3. The molecule has 1 aromatic heterocycles. The van der Waals surface area contributed by atoms with E-state index in [4.69, 9.17) is 0 Å². The van der Waals surface area contributed by atoms with Gasteiger partial charge in [-0.3, -0.25) is 4.79 Å². The maximum Gasteiger partial charge on any atom is 0.223 e. The molecule has 0 atom stereocenters. The molecule has 6 heteroatoms. The van der Waals surface area contributed by atoms with Crippen molar-refractivity contribution in [3.63, 3.8) is 0 Å². The zero-order valence-corrected chi connectivity index (χ0v) is 19.6. The van der Waals surface area contributed by atoms with Gasteiger partial charge in [0.05, 0.1) is 0 Å². The lowest BCUT2D eigenvalue weighted by Gasteiger charge is -2.32. The van der Waals surface area contributed by atoms with E-state index < -0.39 is 0 Å². The molecule has 0 aliphatic carbocycles. The third-order valence-electron chi connectivity index (χ3n) is 5.93. The lowest BCUT2D eigenvalue weighted by atomic mass is 9.96. The number of anilines is 1. The van der Waals surface area contributed by atoms with Gasteiger partial charge in [0.2, 0.25) is 5.91 Å². The summed E-state index contributed by atoms with van der Waals surface area (Å²) in [4.78, 5) is 25.0. The van der Waals surface area contributed by atoms with Gasteiger partial charge in [-0.1, -0.05) is 54.2 Å². The molecule has 0 spiro atoms. The molecule has 1 aliphatic heterocycles. The highest BCUT2D eigenvalue weighted by atomic mass is 32.2. The normalized spacial score (nSPS) is 14.4. The summed E-state index contributed by atoms with van der Waals surface area (Å²) < 4.78 is 0. The van der Waals surface area contributed by atoms with E-state index in [9.17, 15) is 4.79 Å². The van der Waals surface area contributed by atoms with E-state index in [0.29, 0.717) is 6.54 Å². The van der Waals surface area contributed by atoms with Crippen molar-refractivity contribution in [1.82, 2.24) is 15.3 Å². The number of nitrogens with one attached hydrogen (secondary N) is 1. The van der Waals surface area contributed by atoms with Crippen molar-refractivity contribution in [3.05, 3.63) is 77.6 Å². The van der Waals surface area contributed by atoms with Crippen molar-refractivity contribution < 1.29 is 4.79 Å². The first-order chi connectivity index (χ1) is 15.6. The number of nitrogens with zero attached hydrogens (tertiary/aromatic N) is 3. The van der Waals surface area contributed by atoms with Gasteiger partial charge in [0.15, 0.2) is 0 Å². The Morgan fingerprint density at radius 2 is 1.84 bits per heavy atom. The standard InChI is InChI=1S/C26H30N4OS/c1-19-8-9-20(2)23(16-19)32-25-17-24(28-18-29-25)30-14-11-22(12-15-30)26(31)27-13-10-21-6-4-3-5-7-21/h3-9,16-18,22H,10-15H2,1-2H3,(H,27,31). The molecule has 0 radical (unpaired) electrons. The molecule has 0 bridgehead atoms. The predicted molar refractivity (Wildman–Crippen MR) is 130 cm³/mol. The monoisotopic (exact) mass is 446 g/mol. The minimum atomic E-state index is 0.0765. The zero-order valence-electron chi connectivity index (χ0n) is 18.8. The Bertz CT molecular complexity index is 1050. The van der Waals surface area contributed by atoms with E-state index in [1.165, 1.54) is 21.6 Å². The van der Waals surface area contributed by atoms with E-state index >= 15 is 0 Å². The van der Waals surface area contributed by atoms with Crippen molar-refractivity contribution in [2.24, 2.45) is 5.92 Å². The lowest BCUT2D eigenvalue weighted by Crippen LogP contribution is -2.41. The third kappa shape index (κ3) is 5.88. The highest BCUT2D eigenvalue weighted by molar-refractivity contribution is 7.99. The summed E-state index contributed by atoms with van der Waals surface area (Å²) >= 11 is 1.68. The van der Waals surface area contributed by atoms with Crippen molar-refractivity contribution in [2.45, 2.75) is 43.0 Å². The fraction of sp³-hybridized carbons (Fsp3) is 0.346. The summed E-state index contributed by atoms with van der Waals surface area (Å²) in [6.45, 7) is 6.59. The SMILES string of the molecule is Cc1ccc(C)c(Sc2cc(N3CCC(C(=O)NCCc4ccccc4)CC3)ncn2)c1. The van der Waals surface area contributed by atoms with Crippen molar-refractivity contribution in [3.8, 4) is 0 Å². The molecule has 1 amide bonds. The highest BCUT2D eigenvalue weighted by Gasteiger charge is 2.25. The molecule has 5 nitrogen and oxygen atoms in total. The van der Waals surface area contributed by atoms with Crippen LogP contribution in [-0.2, 0) is 11.2 Å². The number of piperidine rings is 1. The molecule has 32 heavy (non-hydrogen) atoms. The van der Waals surface area contributed by atoms with Crippen LogP contribution in [-0.4, -0.2) is 35.5 Å². The molecule has 2 aromatic carbocycles. The Morgan fingerprint density at radius 3 is 2.62 bits per heavy atom. The predicted octanol–water partition coefficient (Wildman–Crippen LogP) is 4.82. The topological polar surface area (TPSA) is 58.1 Å². The molecule has 1 fully saturated rings. The minimum Gasteiger partial charge on any atom is -0.356 e. The van der Waals surface area contributed by atoms with Gasteiger partial charge < -0.3 is 10.2 Å². The summed E-state index contributed by atoms with van der Waals surface area (Å²) in [5, 5.41) is 4.06. The summed E-state index contributed by atoms with van der Waals surface area (Å²) in [6.07, 6.45) is 4.21. The number of hydrogen-bond acceptors (Lipinski definition) is 5. The van der Waals surface area contributed by atoms with Crippen LogP contribution in [0.25, 0.3) is 0 Å². The summed E-state index contributed by atoms with van der Waals surface area (Å²) in [5.41, 5.74) is 3.75. The fourth-order valence-corrected chi connectivity index (χ4v) is 4.94. The van der Waals surface area contributed by atoms with Crippen molar-refractivity contribution >= 4 is 23.5 Å². The van der Waals surface area contributed by atoms with Crippen LogP contribution in [0, 0.1) is 19.8 Å². The van der Waals surface area contributed by atoms with Gasteiger partial charge in [0.1, 0.15) is 17.2 Å². The molecule has 4 rings (SSSR count). The molecular weight excluding hydrogens is 416 g/mol.